The van der Waals surface area contributed by atoms with Crippen LogP contribution in [0.1, 0.15) is 147 Å². The lowest BCUT2D eigenvalue weighted by molar-refractivity contribution is 0.125. The molecule has 3 fully saturated rings. The standard InChI is InChI=1S/2C27H29FN4O2.C27H28FN3O3/c1-2-34-27(33)31-23-9-10-24-19(14-23)12-20-16-30-32-26(20)25(24)11-8-22-7-6-18(15-29-22)17-4-3-5-21(28)13-17;1-2-34-27(33)31-22-9-10-23-19(13-22)14-26-25(16-30-32-26)24(23)11-8-21-7-6-18(15-29-21)17-4-3-5-20(28)12-17;1-2-33-27(32)31-22-9-10-23-19(13-22)14-25-26(34-16-30-25)24(23)11-8-21-7-6-18(15-29-21)17-4-3-5-20(28)12-17/h3-8,11,13,15-16,19,23-25H,2,9-10,12,14H2,1H3,(H,30,32)(H,31,33);3-8,11-12,15-16,19,22-24H,2,9-10,13-14H2,1H3,(H,30,32)(H,31,33);3-8,11-12,15-16,19,22-24H,2,9-10,13-14H2,1H3,(H,31,32)/b3*11-8+/t19-,23-,24-,25+;2*19-,22+,23+,24-/m100/s1. The molecule has 6 aromatic heterocycles. The third-order valence-corrected chi connectivity index (χ3v) is 21.1. The van der Waals surface area contributed by atoms with Crippen LogP contribution in [0.25, 0.3) is 51.6 Å². The summed E-state index contributed by atoms with van der Waals surface area (Å²) in [6.45, 7) is 6.58. The minimum absolute atomic E-state index is 0.115. The van der Waals surface area contributed by atoms with Crippen LogP contribution in [0.2, 0.25) is 0 Å². The normalized spacial score (nSPS) is 23.8. The van der Waals surface area contributed by atoms with Crippen molar-refractivity contribution in [2.45, 2.75) is 134 Å². The maximum atomic E-state index is 13.5. The number of pyridine rings is 3. The Balaban J connectivity index is 0.000000137. The number of carbonyl (C=O) groups excluding carboxylic acids is 3. The number of alkyl carbamates (subject to hydrolysis) is 3. The number of oxazole rings is 1. The minimum atomic E-state index is -0.340. The molecule has 15 rings (SSSR count). The van der Waals surface area contributed by atoms with Crippen LogP contribution < -0.4 is 16.0 Å². The lowest BCUT2D eigenvalue weighted by Gasteiger charge is -2.42. The molecule has 6 heterocycles. The van der Waals surface area contributed by atoms with Crippen molar-refractivity contribution in [2.75, 3.05) is 19.8 Å². The number of hydrogen-bond donors (Lipinski definition) is 5. The zero-order chi connectivity index (χ0) is 70.5. The van der Waals surface area contributed by atoms with E-state index < -0.39 is 0 Å². The fourth-order valence-corrected chi connectivity index (χ4v) is 16.4. The van der Waals surface area contributed by atoms with Crippen molar-refractivity contribution in [2.24, 2.45) is 35.5 Å². The van der Waals surface area contributed by atoms with Gasteiger partial charge in [-0.25, -0.2) is 32.5 Å². The predicted molar refractivity (Wildman–Crippen MR) is 383 cm³/mol. The Kier molecular flexibility index (Phi) is 22.6. The number of hydrogen-bond acceptors (Lipinski definition) is 13. The Morgan fingerprint density at radius 2 is 0.912 bits per heavy atom. The molecule has 21 heteroatoms. The Hall–Kier alpha value is -10.4. The van der Waals surface area contributed by atoms with Gasteiger partial charge in [-0.1, -0.05) is 72.8 Å². The number of carbonyl (C=O) groups is 3. The maximum absolute atomic E-state index is 13.5. The van der Waals surface area contributed by atoms with E-state index in [4.69, 9.17) is 18.6 Å². The van der Waals surface area contributed by atoms with E-state index in [0.717, 1.165) is 139 Å². The first-order chi connectivity index (χ1) is 49.8. The van der Waals surface area contributed by atoms with Gasteiger partial charge in [-0.3, -0.25) is 25.1 Å². The first-order valence-corrected chi connectivity index (χ1v) is 35.8. The molecule has 3 amide bonds. The highest BCUT2D eigenvalue weighted by Gasteiger charge is 2.44. The molecule has 6 aliphatic rings. The van der Waals surface area contributed by atoms with E-state index in [1.54, 1.807) is 36.8 Å². The van der Waals surface area contributed by atoms with E-state index >= 15 is 0 Å². The van der Waals surface area contributed by atoms with Gasteiger partial charge in [0.15, 0.2) is 6.39 Å². The maximum Gasteiger partial charge on any atom is 0.407 e. The Bertz CT molecular complexity index is 3960. The third-order valence-electron chi connectivity index (χ3n) is 21.1. The molecule has 0 aliphatic heterocycles. The highest BCUT2D eigenvalue weighted by Crippen LogP contribution is 2.50. The van der Waals surface area contributed by atoms with Gasteiger partial charge >= 0.3 is 18.3 Å². The van der Waals surface area contributed by atoms with Crippen LogP contribution in [0, 0.1) is 53.0 Å². The van der Waals surface area contributed by atoms with Gasteiger partial charge in [-0.05, 0) is 228 Å². The molecule has 0 saturated heterocycles. The van der Waals surface area contributed by atoms with E-state index in [0.29, 0.717) is 55.3 Å². The topological polar surface area (TPSA) is 237 Å². The highest BCUT2D eigenvalue weighted by molar-refractivity contribution is 5.69. The fourth-order valence-electron chi connectivity index (χ4n) is 16.4. The van der Waals surface area contributed by atoms with Crippen LogP contribution in [0.4, 0.5) is 27.6 Å². The van der Waals surface area contributed by atoms with Gasteiger partial charge in [0.05, 0.1) is 55.0 Å². The number of rotatable bonds is 15. The van der Waals surface area contributed by atoms with E-state index in [2.05, 4.69) is 86.7 Å². The van der Waals surface area contributed by atoms with E-state index in [-0.39, 0.29) is 71.6 Å². The highest BCUT2D eigenvalue weighted by atomic mass is 19.1. The number of amides is 3. The fraction of sp³-hybridized carbons (Fsp3) is 0.370. The van der Waals surface area contributed by atoms with Crippen LogP contribution in [-0.2, 0) is 33.5 Å². The summed E-state index contributed by atoms with van der Waals surface area (Å²) in [4.78, 5) is 53.9. The van der Waals surface area contributed by atoms with Gasteiger partial charge in [0.1, 0.15) is 23.2 Å². The molecule has 9 aromatic rings. The molecule has 0 unspecified atom stereocenters. The van der Waals surface area contributed by atoms with Crippen molar-refractivity contribution in [3.8, 4) is 33.4 Å². The summed E-state index contributed by atoms with van der Waals surface area (Å²) in [6.07, 6.45) is 34.0. The molecule has 6 aliphatic carbocycles. The molecule has 0 spiro atoms. The molecule has 5 N–H and O–H groups in total. The molecule has 0 radical (unpaired) electrons. The van der Waals surface area contributed by atoms with Crippen molar-refractivity contribution in [1.82, 2.24) is 56.3 Å². The smallest absolute Gasteiger partial charge is 0.407 e. The summed E-state index contributed by atoms with van der Waals surface area (Å²) in [6, 6.07) is 31.8. The van der Waals surface area contributed by atoms with Gasteiger partial charge in [-0.15, -0.1) is 0 Å². The zero-order valence-corrected chi connectivity index (χ0v) is 57.5. The van der Waals surface area contributed by atoms with Gasteiger partial charge < -0.3 is 34.6 Å². The number of benzene rings is 3. The number of halogens is 3. The van der Waals surface area contributed by atoms with Gasteiger partial charge in [0, 0.05) is 88.1 Å². The molecule has 18 nitrogen and oxygen atoms in total. The van der Waals surface area contributed by atoms with E-state index in [1.807, 2.05) is 93.8 Å². The van der Waals surface area contributed by atoms with Crippen LogP contribution in [0.5, 0.6) is 0 Å². The molecule has 3 aromatic carbocycles. The lowest BCUT2D eigenvalue weighted by atomic mass is 9.64. The third kappa shape index (κ3) is 17.1. The number of aromatic amines is 2. The van der Waals surface area contributed by atoms with Crippen LogP contribution in [-0.4, -0.2) is 96.6 Å². The Morgan fingerprint density at radius 3 is 1.37 bits per heavy atom. The Labute approximate surface area is 591 Å². The van der Waals surface area contributed by atoms with Gasteiger partial charge in [0.25, 0.3) is 0 Å². The molecule has 0 bridgehead atoms. The second-order valence-corrected chi connectivity index (χ2v) is 27.4. The molecule has 102 heavy (non-hydrogen) atoms. The summed E-state index contributed by atoms with van der Waals surface area (Å²) in [5, 5.41) is 24.1. The summed E-state index contributed by atoms with van der Waals surface area (Å²) >= 11 is 0. The van der Waals surface area contributed by atoms with Gasteiger partial charge in [0.2, 0.25) is 0 Å². The number of H-pyrrole nitrogens is 2. The van der Waals surface area contributed by atoms with E-state index in [9.17, 15) is 27.6 Å². The summed E-state index contributed by atoms with van der Waals surface area (Å²) in [5.74, 6) is 3.51. The quantitative estimate of drug-likeness (QED) is 0.0601. The first-order valence-electron chi connectivity index (χ1n) is 35.8. The number of nitrogens with one attached hydrogen (secondary N) is 5. The average Bonchev–Trinajstić information content (AvgIpc) is 1.29. The molecular weight excluding hydrogens is 1300 g/mol. The van der Waals surface area contributed by atoms with Crippen molar-refractivity contribution in [1.29, 1.82) is 0 Å². The second kappa shape index (κ2) is 32.9. The molecular formula is C81H86F3N11O7. The predicted octanol–water partition coefficient (Wildman–Crippen LogP) is 16.7. The number of fused-ring (bicyclic) bond motifs is 6. The lowest BCUT2D eigenvalue weighted by Crippen LogP contribution is -2.44. The summed E-state index contributed by atoms with van der Waals surface area (Å²) in [5.41, 5.74) is 13.5. The largest absolute Gasteiger partial charge is 0.450 e. The van der Waals surface area contributed by atoms with Crippen LogP contribution in [0.3, 0.4) is 0 Å². The average molecular weight is 1380 g/mol. The van der Waals surface area contributed by atoms with Crippen molar-refractivity contribution >= 4 is 36.5 Å². The zero-order valence-electron chi connectivity index (χ0n) is 57.5. The van der Waals surface area contributed by atoms with Crippen molar-refractivity contribution in [3.05, 3.63) is 233 Å². The monoisotopic (exact) mass is 1380 g/mol. The number of nitrogens with zero attached hydrogens (tertiary/aromatic N) is 6. The second-order valence-electron chi connectivity index (χ2n) is 27.4. The minimum Gasteiger partial charge on any atom is -0.450 e. The number of ether oxygens (including phenoxy) is 3. The van der Waals surface area contributed by atoms with Crippen LogP contribution in [0.15, 0.2) is 169 Å². The van der Waals surface area contributed by atoms with Crippen molar-refractivity contribution in [3.63, 3.8) is 0 Å². The van der Waals surface area contributed by atoms with Crippen LogP contribution >= 0.6 is 0 Å². The summed E-state index contributed by atoms with van der Waals surface area (Å²) < 4.78 is 61.6. The number of aromatic nitrogens is 8. The summed E-state index contributed by atoms with van der Waals surface area (Å²) in [7, 11) is 0. The Morgan fingerprint density at radius 1 is 0.480 bits per heavy atom. The SMILES string of the molecule is CCOC(=O)N[C@@H]1CC[C@@H]2[C@H](Cc3[nH]ncc3[C@H]2/C=C/c2ccc(-c3cccc(F)c3)cn2)C1.CCOC(=O)N[C@@H]1CC[C@@H]2[C@H](Cc3cn[nH]c3[C@H]2/C=C/c2ccc(-c3cccc(F)c3)cn2)C1.CCOC(=O)N[C@@H]1CC[C@@H]2[C@H](Cc3ncoc3[C@H]2/C=C/c2ccc(-c3cccc(F)c3)cn2)C1. The van der Waals surface area contributed by atoms with E-state index in [1.165, 1.54) is 65.3 Å². The molecule has 3 saturated carbocycles. The molecule has 12 atom stereocenters. The van der Waals surface area contributed by atoms with Crippen molar-refractivity contribution < 1.29 is 46.2 Å². The molecule has 528 valence electrons. The first kappa shape index (κ1) is 70.0. The number of allylic oxidation sites excluding steroid dienone is 3. The van der Waals surface area contributed by atoms with Gasteiger partial charge in [-0.2, -0.15) is 10.2 Å².